The molecule has 0 radical (unpaired) electrons. The van der Waals surface area contributed by atoms with Gasteiger partial charge in [-0.2, -0.15) is 0 Å². The second-order valence-electron chi connectivity index (χ2n) is 8.19. The largest absolute Gasteiger partial charge is 0.489 e. The standard InChI is InChI=1S/C25H32F2N4O3/c1-2-33-23(25(32)30-16-17-6-8-18(9-7-17)24(28)29)21-19(26)10-11-20(22(21)27)34-15-14-31-12-4-3-5-13-31/h6-11,23H,2-5,12-16H2,1H3,(H3,28,29)(H,30,32). The lowest BCUT2D eigenvalue weighted by molar-refractivity contribution is -0.133. The third kappa shape index (κ3) is 6.74. The Bertz CT molecular complexity index is 979. The number of carbonyl (C=O) groups excluding carboxylic acids is 1. The highest BCUT2D eigenvalue weighted by Gasteiger charge is 2.29. The summed E-state index contributed by atoms with van der Waals surface area (Å²) in [5.41, 5.74) is 6.27. The fourth-order valence-electron chi connectivity index (χ4n) is 3.91. The minimum atomic E-state index is -1.47. The molecule has 1 aliphatic rings. The first kappa shape index (κ1) is 25.6. The topological polar surface area (TPSA) is 101 Å². The molecule has 2 aromatic carbocycles. The van der Waals surface area contributed by atoms with E-state index in [2.05, 4.69) is 10.2 Å². The number of hydrogen-bond acceptors (Lipinski definition) is 5. The highest BCUT2D eigenvalue weighted by Crippen LogP contribution is 2.30. The van der Waals surface area contributed by atoms with Gasteiger partial charge in [0, 0.05) is 25.3 Å². The molecule has 1 saturated heterocycles. The quantitative estimate of drug-likeness (QED) is 0.342. The maximum absolute atomic E-state index is 15.2. The summed E-state index contributed by atoms with van der Waals surface area (Å²) in [6.07, 6.45) is 2.03. The Balaban J connectivity index is 1.68. The maximum atomic E-state index is 15.2. The lowest BCUT2D eigenvalue weighted by Crippen LogP contribution is -2.33. The van der Waals surface area contributed by atoms with E-state index in [0.717, 1.165) is 37.6 Å². The number of halogens is 2. The molecule has 1 atom stereocenters. The van der Waals surface area contributed by atoms with Gasteiger partial charge in [0.1, 0.15) is 18.3 Å². The molecule has 1 unspecified atom stereocenters. The van der Waals surface area contributed by atoms with E-state index in [9.17, 15) is 9.18 Å². The van der Waals surface area contributed by atoms with Gasteiger partial charge in [0.2, 0.25) is 0 Å². The van der Waals surface area contributed by atoms with Gasteiger partial charge in [-0.25, -0.2) is 8.78 Å². The number of nitrogen functional groups attached to an aromatic ring is 1. The van der Waals surface area contributed by atoms with Crippen LogP contribution in [0.15, 0.2) is 36.4 Å². The average Bonchev–Trinajstić information content (AvgIpc) is 2.84. The summed E-state index contributed by atoms with van der Waals surface area (Å²) in [7, 11) is 0. The lowest BCUT2D eigenvalue weighted by atomic mass is 10.1. The van der Waals surface area contributed by atoms with E-state index >= 15 is 4.39 Å². The number of rotatable bonds is 11. The zero-order valence-electron chi connectivity index (χ0n) is 19.4. The number of nitrogens with one attached hydrogen (secondary N) is 2. The van der Waals surface area contributed by atoms with Crippen LogP contribution in [0.4, 0.5) is 8.78 Å². The van der Waals surface area contributed by atoms with Crippen molar-refractivity contribution in [3.05, 3.63) is 64.7 Å². The van der Waals surface area contributed by atoms with Crippen LogP contribution in [0.1, 0.15) is 49.0 Å². The molecular formula is C25H32F2N4O3. The molecule has 184 valence electrons. The zero-order valence-corrected chi connectivity index (χ0v) is 19.4. The Labute approximate surface area is 198 Å². The number of amidine groups is 1. The number of benzene rings is 2. The van der Waals surface area contributed by atoms with Crippen LogP contribution < -0.4 is 15.8 Å². The van der Waals surface area contributed by atoms with Gasteiger partial charge in [0.15, 0.2) is 17.7 Å². The number of ether oxygens (including phenoxy) is 2. The van der Waals surface area contributed by atoms with Gasteiger partial charge in [0.25, 0.3) is 5.91 Å². The van der Waals surface area contributed by atoms with Crippen LogP contribution in [-0.4, -0.2) is 49.5 Å². The van der Waals surface area contributed by atoms with Crippen molar-refractivity contribution in [1.29, 1.82) is 5.41 Å². The maximum Gasteiger partial charge on any atom is 0.254 e. The van der Waals surface area contributed by atoms with Crippen molar-refractivity contribution in [2.75, 3.05) is 32.8 Å². The summed E-state index contributed by atoms with van der Waals surface area (Å²) in [6, 6.07) is 9.08. The molecule has 4 N–H and O–H groups in total. The molecule has 1 fully saturated rings. The average molecular weight is 475 g/mol. The smallest absolute Gasteiger partial charge is 0.254 e. The summed E-state index contributed by atoms with van der Waals surface area (Å²) in [6.45, 7) is 4.76. The highest BCUT2D eigenvalue weighted by atomic mass is 19.1. The number of nitrogens with two attached hydrogens (primary N) is 1. The summed E-state index contributed by atoms with van der Waals surface area (Å²) < 4.78 is 41.0. The van der Waals surface area contributed by atoms with Gasteiger partial charge in [-0.15, -0.1) is 0 Å². The van der Waals surface area contributed by atoms with Crippen molar-refractivity contribution in [3.63, 3.8) is 0 Å². The number of hydrogen-bond donors (Lipinski definition) is 3. The van der Waals surface area contributed by atoms with Crippen molar-refractivity contribution in [3.8, 4) is 5.75 Å². The number of carbonyl (C=O) groups is 1. The normalized spacial score (nSPS) is 15.0. The number of likely N-dealkylation sites (tertiary alicyclic amines) is 1. The molecule has 0 bridgehead atoms. The fraction of sp³-hybridized carbons (Fsp3) is 0.440. The minimum absolute atomic E-state index is 0.0593. The van der Waals surface area contributed by atoms with Crippen molar-refractivity contribution in [1.82, 2.24) is 10.2 Å². The van der Waals surface area contributed by atoms with Gasteiger partial charge < -0.3 is 20.5 Å². The second kappa shape index (κ2) is 12.4. The minimum Gasteiger partial charge on any atom is -0.489 e. The first-order valence-corrected chi connectivity index (χ1v) is 11.6. The van der Waals surface area contributed by atoms with E-state index < -0.39 is 29.2 Å². The molecule has 3 rings (SSSR count). The van der Waals surface area contributed by atoms with Gasteiger partial charge in [0.05, 0.1) is 5.56 Å². The lowest BCUT2D eigenvalue weighted by Gasteiger charge is -2.26. The third-order valence-corrected chi connectivity index (χ3v) is 5.77. The van der Waals surface area contributed by atoms with E-state index in [4.69, 9.17) is 20.6 Å². The molecule has 0 aromatic heterocycles. The number of amides is 1. The fourth-order valence-corrected chi connectivity index (χ4v) is 3.91. The highest BCUT2D eigenvalue weighted by molar-refractivity contribution is 5.94. The van der Waals surface area contributed by atoms with Gasteiger partial charge >= 0.3 is 0 Å². The second-order valence-corrected chi connectivity index (χ2v) is 8.19. The molecule has 7 nitrogen and oxygen atoms in total. The molecular weight excluding hydrogens is 442 g/mol. The molecule has 0 aliphatic carbocycles. The van der Waals surface area contributed by atoms with Gasteiger partial charge in [-0.1, -0.05) is 30.7 Å². The van der Waals surface area contributed by atoms with Gasteiger partial charge in [-0.05, 0) is 50.6 Å². The van der Waals surface area contributed by atoms with Crippen LogP contribution in [0.3, 0.4) is 0 Å². The molecule has 2 aromatic rings. The van der Waals surface area contributed by atoms with E-state index in [1.807, 2.05) is 0 Å². The van der Waals surface area contributed by atoms with Crippen LogP contribution in [0.25, 0.3) is 0 Å². The van der Waals surface area contributed by atoms with Crippen LogP contribution in [-0.2, 0) is 16.1 Å². The molecule has 34 heavy (non-hydrogen) atoms. The third-order valence-electron chi connectivity index (χ3n) is 5.77. The van der Waals surface area contributed by atoms with Crippen LogP contribution >= 0.6 is 0 Å². The SMILES string of the molecule is CCOC(C(=O)NCc1ccc(C(=N)N)cc1)c1c(F)ccc(OCCN2CCCCC2)c1F. The summed E-state index contributed by atoms with van der Waals surface area (Å²) in [4.78, 5) is 15.1. The van der Waals surface area contributed by atoms with E-state index in [0.29, 0.717) is 12.1 Å². The molecule has 1 aliphatic heterocycles. The monoisotopic (exact) mass is 474 g/mol. The van der Waals surface area contributed by atoms with Crippen molar-refractivity contribution >= 4 is 11.7 Å². The van der Waals surface area contributed by atoms with Crippen LogP contribution in [0.2, 0.25) is 0 Å². The van der Waals surface area contributed by atoms with E-state index in [-0.39, 0.29) is 31.3 Å². The van der Waals surface area contributed by atoms with Crippen molar-refractivity contribution in [2.24, 2.45) is 5.73 Å². The Hall–Kier alpha value is -3.04. The first-order chi connectivity index (χ1) is 16.4. The van der Waals surface area contributed by atoms with Crippen LogP contribution in [0, 0.1) is 17.0 Å². The number of piperidine rings is 1. The Morgan fingerprint density at radius 3 is 2.50 bits per heavy atom. The summed E-state index contributed by atoms with van der Waals surface area (Å²) in [5.74, 6) is -2.64. The van der Waals surface area contributed by atoms with E-state index in [1.54, 1.807) is 31.2 Å². The summed E-state index contributed by atoms with van der Waals surface area (Å²) >= 11 is 0. The predicted octanol–water partition coefficient (Wildman–Crippen LogP) is 3.51. The molecule has 1 heterocycles. The van der Waals surface area contributed by atoms with E-state index in [1.165, 1.54) is 12.5 Å². The Morgan fingerprint density at radius 2 is 1.85 bits per heavy atom. The van der Waals surface area contributed by atoms with Crippen molar-refractivity contribution in [2.45, 2.75) is 38.8 Å². The Kier molecular flexibility index (Phi) is 9.35. The summed E-state index contributed by atoms with van der Waals surface area (Å²) in [5, 5.41) is 10.1. The molecule has 1 amide bonds. The molecule has 0 spiro atoms. The first-order valence-electron chi connectivity index (χ1n) is 11.6. The molecule has 9 heteroatoms. The van der Waals surface area contributed by atoms with Crippen LogP contribution in [0.5, 0.6) is 5.75 Å². The van der Waals surface area contributed by atoms with Crippen molar-refractivity contribution < 1.29 is 23.0 Å². The van der Waals surface area contributed by atoms with Gasteiger partial charge in [-0.3, -0.25) is 15.1 Å². The Morgan fingerprint density at radius 1 is 1.15 bits per heavy atom. The number of nitrogens with zero attached hydrogens (tertiary/aromatic N) is 1. The zero-order chi connectivity index (χ0) is 24.5. The predicted molar refractivity (Wildman–Crippen MR) is 126 cm³/mol. The molecule has 0 saturated carbocycles.